The molecule has 0 spiro atoms. The molecule has 1 rings (SSSR count). The fourth-order valence-electron chi connectivity index (χ4n) is 0.632. The lowest BCUT2D eigenvalue weighted by molar-refractivity contribution is 0.344. The van der Waals surface area contributed by atoms with E-state index in [1.165, 1.54) is 0 Å². The van der Waals surface area contributed by atoms with Gasteiger partial charge in [-0.25, -0.2) is 0 Å². The van der Waals surface area contributed by atoms with Gasteiger partial charge in [-0.2, -0.15) is 26.8 Å². The molecule has 1 heterocycles. The first kappa shape index (κ1) is 17.1. The Kier molecular flexibility index (Phi) is 5.21. The molecule has 0 saturated carbocycles. The van der Waals surface area contributed by atoms with Gasteiger partial charge in [-0.05, 0) is 0 Å². The van der Waals surface area contributed by atoms with Crippen molar-refractivity contribution in [3.63, 3.8) is 0 Å². The molecule has 0 bridgehead atoms. The maximum Gasteiger partial charge on any atom is 0.413 e. The van der Waals surface area contributed by atoms with Crippen LogP contribution in [0.15, 0.2) is 0 Å². The second kappa shape index (κ2) is 5.80. The topological polar surface area (TPSA) is 248 Å². The predicted molar refractivity (Wildman–Crippen MR) is 63.9 cm³/mol. The summed E-state index contributed by atoms with van der Waals surface area (Å²) in [6.45, 7) is 0. The highest BCUT2D eigenvalue weighted by atomic mass is 32.3. The van der Waals surface area contributed by atoms with E-state index in [1.807, 2.05) is 0 Å². The molecule has 0 aliphatic carbocycles. The zero-order valence-corrected chi connectivity index (χ0v) is 10.6. The minimum atomic E-state index is -5.12. The summed E-state index contributed by atoms with van der Waals surface area (Å²) in [5, 5.41) is 0. The van der Waals surface area contributed by atoms with E-state index < -0.39 is 20.8 Å². The van der Waals surface area contributed by atoms with Crippen molar-refractivity contribution in [2.45, 2.75) is 0 Å². The first-order chi connectivity index (χ1) is 8.32. The molecule has 0 unspecified atom stereocenters. The van der Waals surface area contributed by atoms with Crippen molar-refractivity contribution in [3.8, 4) is 0 Å². The molecule has 0 aromatic carbocycles. The minimum absolute atomic E-state index is 0.0317. The molecule has 1 aromatic heterocycles. The average Bonchev–Trinajstić information content (AvgIpc) is 2.08. The lowest BCUT2D eigenvalue weighted by Crippen LogP contribution is -2.10. The third kappa shape index (κ3) is 7.89. The van der Waals surface area contributed by atoms with Gasteiger partial charge in [0.25, 0.3) is 0 Å². The van der Waals surface area contributed by atoms with Crippen molar-refractivity contribution in [2.75, 3.05) is 22.9 Å². The van der Waals surface area contributed by atoms with Crippen molar-refractivity contribution in [1.82, 2.24) is 9.97 Å². The lowest BCUT2D eigenvalue weighted by atomic mass is 10.4. The summed E-state index contributed by atoms with van der Waals surface area (Å²) >= 11 is 0. The number of nitrogens with two attached hydrogens (primary N) is 4. The van der Waals surface area contributed by atoms with Gasteiger partial charge in [0.1, 0.15) is 5.69 Å². The molecular weight excluding hydrogens is 308 g/mol. The van der Waals surface area contributed by atoms with E-state index in [2.05, 4.69) is 13.6 Å². The van der Waals surface area contributed by atoms with Gasteiger partial charge in [-0.1, -0.05) is 0 Å². The molecule has 1 aromatic rings. The van der Waals surface area contributed by atoms with E-state index in [1.54, 1.807) is 0 Å². The smallest absolute Gasteiger partial charge is 0.393 e. The fourth-order valence-corrected chi connectivity index (χ4v) is 1.50. The second-order valence-electron chi connectivity index (χ2n) is 2.69. The average molecular weight is 318 g/mol. The number of nitrogens with zero attached hydrogens (tertiary/aromatic N) is 2. The molecule has 15 heteroatoms. The number of anilines is 4. The van der Waals surface area contributed by atoms with Gasteiger partial charge >= 0.3 is 20.8 Å². The number of hydrogen-bond donors (Lipinski definition) is 6. The monoisotopic (exact) mass is 318 g/mol. The van der Waals surface area contributed by atoms with E-state index in [4.69, 9.17) is 32.0 Å². The Hall–Kier alpha value is -1.94. The Morgan fingerprint density at radius 2 is 1.16 bits per heavy atom. The molecule has 0 fully saturated rings. The third-order valence-electron chi connectivity index (χ3n) is 1.19. The van der Waals surface area contributed by atoms with Crippen molar-refractivity contribution in [1.29, 1.82) is 0 Å². The summed E-state index contributed by atoms with van der Waals surface area (Å²) in [5.74, 6) is 0.263. The van der Waals surface area contributed by atoms with Crippen molar-refractivity contribution < 1.29 is 29.6 Å². The molecule has 0 radical (unpaired) electrons. The number of aromatic nitrogens is 2. The summed E-state index contributed by atoms with van der Waals surface area (Å²) in [6.07, 6.45) is 0. The van der Waals surface area contributed by atoms with Crippen LogP contribution in [0.25, 0.3) is 0 Å². The Balaban J connectivity index is 0.000000344. The van der Waals surface area contributed by atoms with Crippen molar-refractivity contribution in [2.24, 2.45) is 0 Å². The minimum Gasteiger partial charge on any atom is -0.393 e. The summed E-state index contributed by atoms with van der Waals surface area (Å²) < 4.78 is 55.6. The summed E-state index contributed by atoms with van der Waals surface area (Å²) in [5.41, 5.74) is 21.3. The van der Waals surface area contributed by atoms with Gasteiger partial charge in [-0.15, -0.1) is 3.63 Å². The first-order valence-corrected chi connectivity index (χ1v) is 6.64. The van der Waals surface area contributed by atoms with Crippen LogP contribution in [0.4, 0.5) is 23.3 Å². The molecule has 19 heavy (non-hydrogen) atoms. The number of nitrogen functional groups attached to an aromatic ring is 4. The summed E-state index contributed by atoms with van der Waals surface area (Å²) in [7, 11) is -10.2. The standard InChI is InChI=1S/C4H8N6.H2O7S2/c5-1-2(6)9-4(8)10-3(1)7;1-8(2,3)7-9(4,5)6/h5H2,(H6,6,7,8,9,10);(H,1,2,3)(H,4,5,6). The van der Waals surface area contributed by atoms with Crippen LogP contribution in [0.5, 0.6) is 0 Å². The summed E-state index contributed by atoms with van der Waals surface area (Å²) in [4.78, 5) is 7.15. The zero-order chi connectivity index (χ0) is 15.4. The molecule has 10 N–H and O–H groups in total. The normalized spacial score (nSPS) is 11.5. The van der Waals surface area contributed by atoms with E-state index in [0.717, 1.165) is 0 Å². The SMILES string of the molecule is Nc1nc(N)c(N)c(N)n1.O=S(=O)(O)OS(=O)(=O)O. The van der Waals surface area contributed by atoms with Gasteiger partial charge in [0.05, 0.1) is 0 Å². The fraction of sp³-hybridized carbons (Fsp3) is 0. The summed E-state index contributed by atoms with van der Waals surface area (Å²) in [6, 6.07) is 0. The van der Waals surface area contributed by atoms with Crippen LogP contribution in [-0.4, -0.2) is 35.9 Å². The third-order valence-corrected chi connectivity index (χ3v) is 2.57. The van der Waals surface area contributed by atoms with E-state index in [-0.39, 0.29) is 23.3 Å². The van der Waals surface area contributed by atoms with Crippen LogP contribution in [0.3, 0.4) is 0 Å². The Bertz CT molecular complexity index is 601. The van der Waals surface area contributed by atoms with Crippen LogP contribution in [0.1, 0.15) is 0 Å². The van der Waals surface area contributed by atoms with Crippen LogP contribution >= 0.6 is 0 Å². The molecule has 110 valence electrons. The highest BCUT2D eigenvalue weighted by molar-refractivity contribution is 7.94. The van der Waals surface area contributed by atoms with E-state index in [9.17, 15) is 16.8 Å². The van der Waals surface area contributed by atoms with Crippen LogP contribution < -0.4 is 22.9 Å². The van der Waals surface area contributed by atoms with E-state index >= 15 is 0 Å². The zero-order valence-electron chi connectivity index (χ0n) is 8.96. The first-order valence-electron chi connectivity index (χ1n) is 3.91. The van der Waals surface area contributed by atoms with Gasteiger partial charge in [0, 0.05) is 0 Å². The molecule has 0 aliphatic rings. The number of hydrogen-bond acceptors (Lipinski definition) is 11. The van der Waals surface area contributed by atoms with Gasteiger partial charge in [0.15, 0.2) is 11.6 Å². The second-order valence-corrected chi connectivity index (χ2v) is 4.94. The largest absolute Gasteiger partial charge is 0.413 e. The Morgan fingerprint density at radius 3 is 1.37 bits per heavy atom. The maximum atomic E-state index is 9.44. The van der Waals surface area contributed by atoms with Gasteiger partial charge in [-0.3, -0.25) is 9.11 Å². The van der Waals surface area contributed by atoms with Gasteiger partial charge in [0.2, 0.25) is 5.95 Å². The van der Waals surface area contributed by atoms with Crippen molar-refractivity contribution in [3.05, 3.63) is 0 Å². The Morgan fingerprint density at radius 1 is 0.842 bits per heavy atom. The molecule has 13 nitrogen and oxygen atoms in total. The number of rotatable bonds is 2. The van der Waals surface area contributed by atoms with Crippen molar-refractivity contribution >= 4 is 44.1 Å². The van der Waals surface area contributed by atoms with Crippen LogP contribution in [0.2, 0.25) is 0 Å². The molecular formula is C4H10N6O7S2. The molecule has 0 aliphatic heterocycles. The highest BCUT2D eigenvalue weighted by Gasteiger charge is 2.15. The van der Waals surface area contributed by atoms with E-state index in [0.29, 0.717) is 0 Å². The molecule has 0 atom stereocenters. The van der Waals surface area contributed by atoms with Gasteiger partial charge < -0.3 is 22.9 Å². The molecule has 0 saturated heterocycles. The quantitative estimate of drug-likeness (QED) is 0.306. The maximum absolute atomic E-state index is 9.44. The van der Waals surface area contributed by atoms with Crippen LogP contribution in [-0.2, 0) is 24.4 Å². The lowest BCUT2D eigenvalue weighted by Gasteiger charge is -2.01. The highest BCUT2D eigenvalue weighted by Crippen LogP contribution is 2.17. The Labute approximate surface area is 107 Å². The predicted octanol–water partition coefficient (Wildman–Crippen LogP) is -2.59. The molecule has 0 amide bonds. The van der Waals surface area contributed by atoms with Crippen LogP contribution in [0, 0.1) is 0 Å².